The first-order valence-electron chi connectivity index (χ1n) is 6.79. The third-order valence-corrected chi connectivity index (χ3v) is 3.24. The number of aryl methyl sites for hydroxylation is 2. The van der Waals surface area contributed by atoms with Gasteiger partial charge >= 0.3 is 0 Å². The van der Waals surface area contributed by atoms with Crippen LogP contribution in [0.4, 0.5) is 0 Å². The van der Waals surface area contributed by atoms with Gasteiger partial charge in [0.05, 0.1) is 19.2 Å². The first-order valence-corrected chi connectivity index (χ1v) is 6.79. The third kappa shape index (κ3) is 3.71. The van der Waals surface area contributed by atoms with E-state index in [1.165, 1.54) is 5.56 Å². The molecule has 0 atom stereocenters. The van der Waals surface area contributed by atoms with Gasteiger partial charge in [-0.3, -0.25) is 0 Å². The summed E-state index contributed by atoms with van der Waals surface area (Å²) in [5.41, 5.74) is 7.74. The van der Waals surface area contributed by atoms with E-state index >= 15 is 0 Å². The molecule has 2 rings (SSSR count). The molecular weight excluding hydrogens is 252 g/mol. The summed E-state index contributed by atoms with van der Waals surface area (Å²) in [6.07, 6.45) is 3.64. The number of benzene rings is 1. The van der Waals surface area contributed by atoms with Crippen molar-refractivity contribution in [2.75, 3.05) is 6.61 Å². The number of aromatic hydroxyl groups is 1. The lowest BCUT2D eigenvalue weighted by molar-refractivity contribution is -0.679. The van der Waals surface area contributed by atoms with Gasteiger partial charge in [0.15, 0.2) is 11.4 Å². The first-order chi connectivity index (χ1) is 9.70. The Labute approximate surface area is 119 Å². The molecule has 0 amide bonds. The number of rotatable bonds is 6. The molecule has 0 spiro atoms. The standard InChI is InChI=1S/C16H20N2O2/c1-18-12-16(15(19)10-14(18)11-17)20-9-5-8-13-6-3-2-4-7-13/h2-4,6-7,10,12H,5,8-9,11,17H2,1H3/p+1. The van der Waals surface area contributed by atoms with E-state index in [2.05, 4.69) is 12.1 Å². The van der Waals surface area contributed by atoms with Crippen LogP contribution in [0.25, 0.3) is 0 Å². The summed E-state index contributed by atoms with van der Waals surface area (Å²) in [7, 11) is 1.89. The second-order valence-corrected chi connectivity index (χ2v) is 4.77. The Balaban J connectivity index is 1.87. The van der Waals surface area contributed by atoms with Crippen LogP contribution in [0.2, 0.25) is 0 Å². The van der Waals surface area contributed by atoms with Gasteiger partial charge < -0.3 is 15.6 Å². The number of aromatic nitrogens is 1. The Hall–Kier alpha value is -2.07. The Kier molecular flexibility index (Phi) is 4.96. The van der Waals surface area contributed by atoms with E-state index in [0.29, 0.717) is 18.9 Å². The zero-order valence-corrected chi connectivity index (χ0v) is 11.7. The summed E-state index contributed by atoms with van der Waals surface area (Å²) in [6, 6.07) is 11.9. The molecule has 4 heteroatoms. The minimum absolute atomic E-state index is 0.142. The Morgan fingerprint density at radius 3 is 2.70 bits per heavy atom. The summed E-state index contributed by atoms with van der Waals surface area (Å²) in [6.45, 7) is 0.961. The molecule has 0 bridgehead atoms. The van der Waals surface area contributed by atoms with Crippen LogP contribution in [-0.4, -0.2) is 11.7 Å². The van der Waals surface area contributed by atoms with Gasteiger partial charge in [-0.25, -0.2) is 4.57 Å². The molecule has 0 saturated carbocycles. The van der Waals surface area contributed by atoms with E-state index in [1.807, 2.05) is 29.8 Å². The van der Waals surface area contributed by atoms with Crippen LogP contribution in [0.3, 0.4) is 0 Å². The zero-order chi connectivity index (χ0) is 14.4. The zero-order valence-electron chi connectivity index (χ0n) is 11.7. The van der Waals surface area contributed by atoms with Gasteiger partial charge in [0.25, 0.3) is 0 Å². The second kappa shape index (κ2) is 6.91. The van der Waals surface area contributed by atoms with Gasteiger partial charge in [-0.2, -0.15) is 0 Å². The highest BCUT2D eigenvalue weighted by Crippen LogP contribution is 2.24. The van der Waals surface area contributed by atoms with Crippen molar-refractivity contribution in [3.05, 3.63) is 53.9 Å². The van der Waals surface area contributed by atoms with Crippen LogP contribution in [-0.2, 0) is 20.0 Å². The van der Waals surface area contributed by atoms with Crippen molar-refractivity contribution < 1.29 is 14.4 Å². The number of ether oxygens (including phenoxy) is 1. The molecule has 0 unspecified atom stereocenters. The smallest absolute Gasteiger partial charge is 0.225 e. The van der Waals surface area contributed by atoms with Gasteiger partial charge in [0, 0.05) is 0 Å². The van der Waals surface area contributed by atoms with Crippen molar-refractivity contribution in [3.8, 4) is 11.5 Å². The van der Waals surface area contributed by atoms with E-state index in [4.69, 9.17) is 10.5 Å². The molecule has 3 N–H and O–H groups in total. The van der Waals surface area contributed by atoms with E-state index in [9.17, 15) is 5.11 Å². The molecule has 0 saturated heterocycles. The highest BCUT2D eigenvalue weighted by molar-refractivity contribution is 5.35. The lowest BCUT2D eigenvalue weighted by Gasteiger charge is -2.08. The minimum atomic E-state index is 0.142. The number of hydrogen-bond donors (Lipinski definition) is 2. The molecular formula is C16H21N2O2+. The first kappa shape index (κ1) is 14.3. The van der Waals surface area contributed by atoms with Gasteiger partial charge in [-0.05, 0) is 18.4 Å². The molecule has 0 radical (unpaired) electrons. The maximum Gasteiger partial charge on any atom is 0.225 e. The summed E-state index contributed by atoms with van der Waals surface area (Å²) in [4.78, 5) is 0. The molecule has 1 aromatic heterocycles. The van der Waals surface area contributed by atoms with E-state index in [0.717, 1.165) is 18.5 Å². The van der Waals surface area contributed by atoms with Crippen LogP contribution < -0.4 is 15.0 Å². The molecule has 1 heterocycles. The summed E-state index contributed by atoms with van der Waals surface area (Å²) < 4.78 is 7.49. The molecule has 2 aromatic rings. The monoisotopic (exact) mass is 273 g/mol. The van der Waals surface area contributed by atoms with Crippen molar-refractivity contribution in [1.82, 2.24) is 0 Å². The van der Waals surface area contributed by atoms with Gasteiger partial charge in [-0.15, -0.1) is 0 Å². The maximum absolute atomic E-state index is 9.87. The fourth-order valence-electron chi connectivity index (χ4n) is 2.07. The Morgan fingerprint density at radius 2 is 2.00 bits per heavy atom. The lowest BCUT2D eigenvalue weighted by Crippen LogP contribution is -2.34. The largest absolute Gasteiger partial charge is 0.504 e. The molecule has 4 nitrogen and oxygen atoms in total. The lowest BCUT2D eigenvalue weighted by atomic mass is 10.1. The third-order valence-electron chi connectivity index (χ3n) is 3.24. The quantitative estimate of drug-likeness (QED) is 0.622. The highest BCUT2D eigenvalue weighted by atomic mass is 16.5. The summed E-state index contributed by atoms with van der Waals surface area (Å²) in [5.74, 6) is 0.640. The Bertz CT molecular complexity index is 556. The molecule has 1 aromatic carbocycles. The molecule has 0 fully saturated rings. The van der Waals surface area contributed by atoms with Crippen LogP contribution in [0.15, 0.2) is 42.6 Å². The number of nitrogens with two attached hydrogens (primary N) is 1. The van der Waals surface area contributed by atoms with Crippen LogP contribution in [0, 0.1) is 0 Å². The molecule has 0 aliphatic rings. The molecule has 20 heavy (non-hydrogen) atoms. The predicted molar refractivity (Wildman–Crippen MR) is 77.4 cm³/mol. The predicted octanol–water partition coefficient (Wildman–Crippen LogP) is 1.69. The normalized spacial score (nSPS) is 10.5. The fraction of sp³-hybridized carbons (Fsp3) is 0.312. The number of hydrogen-bond acceptors (Lipinski definition) is 3. The maximum atomic E-state index is 9.87. The highest BCUT2D eigenvalue weighted by Gasteiger charge is 2.13. The van der Waals surface area contributed by atoms with Gasteiger partial charge in [0.2, 0.25) is 11.9 Å². The van der Waals surface area contributed by atoms with Crippen molar-refractivity contribution in [2.45, 2.75) is 19.4 Å². The SMILES string of the molecule is C[n+]1cc(OCCCc2ccccc2)c(O)cc1CN. The number of pyridine rings is 1. The Morgan fingerprint density at radius 1 is 1.25 bits per heavy atom. The molecule has 106 valence electrons. The number of nitrogens with zero attached hydrogens (tertiary/aromatic N) is 1. The average molecular weight is 273 g/mol. The molecule has 0 aliphatic carbocycles. The fourth-order valence-corrected chi connectivity index (χ4v) is 2.07. The molecule has 0 aliphatic heterocycles. The van der Waals surface area contributed by atoms with Crippen molar-refractivity contribution in [3.63, 3.8) is 0 Å². The second-order valence-electron chi connectivity index (χ2n) is 4.77. The van der Waals surface area contributed by atoms with Crippen molar-refractivity contribution in [2.24, 2.45) is 12.8 Å². The summed E-state index contributed by atoms with van der Waals surface area (Å²) in [5, 5.41) is 9.87. The van der Waals surface area contributed by atoms with E-state index in [1.54, 1.807) is 12.3 Å². The minimum Gasteiger partial charge on any atom is -0.504 e. The van der Waals surface area contributed by atoms with Crippen molar-refractivity contribution in [1.29, 1.82) is 0 Å². The summed E-state index contributed by atoms with van der Waals surface area (Å²) >= 11 is 0. The van der Waals surface area contributed by atoms with Crippen LogP contribution in [0.5, 0.6) is 11.5 Å². The van der Waals surface area contributed by atoms with Gasteiger partial charge in [0.1, 0.15) is 7.05 Å². The van der Waals surface area contributed by atoms with E-state index in [-0.39, 0.29) is 5.75 Å². The van der Waals surface area contributed by atoms with Gasteiger partial charge in [-0.1, -0.05) is 30.3 Å². The van der Waals surface area contributed by atoms with Crippen LogP contribution >= 0.6 is 0 Å². The average Bonchev–Trinajstić information content (AvgIpc) is 2.47. The topological polar surface area (TPSA) is 59.4 Å². The van der Waals surface area contributed by atoms with E-state index < -0.39 is 0 Å². The van der Waals surface area contributed by atoms with Crippen molar-refractivity contribution >= 4 is 0 Å². The van der Waals surface area contributed by atoms with Crippen LogP contribution in [0.1, 0.15) is 17.7 Å².